The molecule has 0 aliphatic carbocycles. The lowest BCUT2D eigenvalue weighted by Crippen LogP contribution is -2.50. The maximum Gasteiger partial charge on any atom is 0.263 e. The predicted octanol–water partition coefficient (Wildman–Crippen LogP) is 2.41. The summed E-state index contributed by atoms with van der Waals surface area (Å²) in [5, 5.41) is 2.89. The van der Waals surface area contributed by atoms with Gasteiger partial charge >= 0.3 is 0 Å². The topological polar surface area (TPSA) is 84.9 Å². The quantitative estimate of drug-likeness (QED) is 0.827. The number of carbonyl (C=O) groups excluding carboxylic acids is 1. The molecule has 1 heterocycles. The van der Waals surface area contributed by atoms with Crippen LogP contribution in [0.4, 0.5) is 5.69 Å². The van der Waals surface area contributed by atoms with Crippen molar-refractivity contribution in [2.24, 2.45) is 0 Å². The first-order valence-corrected chi connectivity index (χ1v) is 10.7. The van der Waals surface area contributed by atoms with Gasteiger partial charge in [-0.15, -0.1) is 0 Å². The highest BCUT2D eigenvalue weighted by Crippen LogP contribution is 2.35. The predicted molar refractivity (Wildman–Crippen MR) is 107 cm³/mol. The maximum absolute atomic E-state index is 12.8. The number of sulfonamides is 1. The van der Waals surface area contributed by atoms with Gasteiger partial charge in [-0.1, -0.05) is 18.2 Å². The molecule has 150 valence electrons. The van der Waals surface area contributed by atoms with Gasteiger partial charge < -0.3 is 14.8 Å². The number of fused-ring (bicyclic) bond motifs is 1. The smallest absolute Gasteiger partial charge is 0.263 e. The second kappa shape index (κ2) is 7.71. The Morgan fingerprint density at radius 2 is 1.93 bits per heavy atom. The lowest BCUT2D eigenvalue weighted by molar-refractivity contribution is -0.128. The van der Waals surface area contributed by atoms with E-state index in [1.165, 1.54) is 4.31 Å². The lowest BCUT2D eigenvalue weighted by Gasteiger charge is -2.34. The molecule has 8 heteroatoms. The van der Waals surface area contributed by atoms with E-state index >= 15 is 0 Å². The van der Waals surface area contributed by atoms with E-state index in [0.29, 0.717) is 11.4 Å². The molecule has 1 N–H and O–H groups in total. The zero-order valence-corrected chi connectivity index (χ0v) is 17.1. The molecule has 0 bridgehead atoms. The SMILES string of the molecule is COc1ccc([C@H](C)NC(=O)[C@H]2CN(S(C)(=O)=O)c3cc(C)ccc3O2)cc1. The number of rotatable bonds is 5. The molecule has 3 rings (SSSR count). The lowest BCUT2D eigenvalue weighted by atomic mass is 10.1. The fourth-order valence-electron chi connectivity index (χ4n) is 3.09. The van der Waals surface area contributed by atoms with Crippen LogP contribution in [-0.2, 0) is 14.8 Å². The summed E-state index contributed by atoms with van der Waals surface area (Å²) in [7, 11) is -1.96. The maximum atomic E-state index is 12.8. The van der Waals surface area contributed by atoms with E-state index in [-0.39, 0.29) is 18.5 Å². The van der Waals surface area contributed by atoms with Crippen LogP contribution in [0.3, 0.4) is 0 Å². The zero-order valence-electron chi connectivity index (χ0n) is 16.3. The van der Waals surface area contributed by atoms with Gasteiger partial charge in [0.2, 0.25) is 10.0 Å². The monoisotopic (exact) mass is 404 g/mol. The van der Waals surface area contributed by atoms with Crippen molar-refractivity contribution in [3.05, 3.63) is 53.6 Å². The van der Waals surface area contributed by atoms with Gasteiger partial charge in [-0.25, -0.2) is 8.42 Å². The van der Waals surface area contributed by atoms with Crippen LogP contribution in [0, 0.1) is 6.92 Å². The number of anilines is 1. The third-order valence-electron chi connectivity index (χ3n) is 4.65. The van der Waals surface area contributed by atoms with Gasteiger partial charge in [0.1, 0.15) is 11.5 Å². The van der Waals surface area contributed by atoms with Gasteiger partial charge in [-0.2, -0.15) is 0 Å². The molecule has 1 amide bonds. The van der Waals surface area contributed by atoms with E-state index in [9.17, 15) is 13.2 Å². The Morgan fingerprint density at radius 3 is 2.54 bits per heavy atom. The highest BCUT2D eigenvalue weighted by Gasteiger charge is 2.35. The molecule has 1 aliphatic heterocycles. The largest absolute Gasteiger partial charge is 0.497 e. The van der Waals surface area contributed by atoms with Gasteiger partial charge in [-0.3, -0.25) is 9.10 Å². The molecule has 2 aromatic rings. The molecular weight excluding hydrogens is 380 g/mol. The Balaban J connectivity index is 1.79. The standard InChI is InChI=1S/C20H24N2O5S/c1-13-5-10-18-17(11-13)22(28(4,24)25)12-19(27-18)20(23)21-14(2)15-6-8-16(26-3)9-7-15/h5-11,14,19H,12H2,1-4H3,(H,21,23)/t14-,19+/m0/s1. The number of nitrogens with zero attached hydrogens (tertiary/aromatic N) is 1. The number of methoxy groups -OCH3 is 1. The molecule has 0 saturated carbocycles. The highest BCUT2D eigenvalue weighted by atomic mass is 32.2. The summed E-state index contributed by atoms with van der Waals surface area (Å²) < 4.78 is 36.7. The summed E-state index contributed by atoms with van der Waals surface area (Å²) >= 11 is 0. The van der Waals surface area contributed by atoms with Crippen LogP contribution in [0.1, 0.15) is 24.1 Å². The molecule has 0 radical (unpaired) electrons. The van der Waals surface area contributed by atoms with E-state index in [0.717, 1.165) is 23.1 Å². The van der Waals surface area contributed by atoms with E-state index in [1.807, 2.05) is 44.2 Å². The highest BCUT2D eigenvalue weighted by molar-refractivity contribution is 7.92. The first-order chi connectivity index (χ1) is 13.2. The van der Waals surface area contributed by atoms with Gasteiger partial charge in [0, 0.05) is 0 Å². The van der Waals surface area contributed by atoms with Gasteiger partial charge in [0.05, 0.1) is 31.6 Å². The van der Waals surface area contributed by atoms with Crippen LogP contribution in [0.2, 0.25) is 0 Å². The summed E-state index contributed by atoms with van der Waals surface area (Å²) in [6.07, 6.45) is 0.185. The number of nitrogens with one attached hydrogen (secondary N) is 1. The third-order valence-corrected chi connectivity index (χ3v) is 5.80. The van der Waals surface area contributed by atoms with Gasteiger partial charge in [0.15, 0.2) is 6.10 Å². The number of carbonyl (C=O) groups is 1. The van der Waals surface area contributed by atoms with Crippen LogP contribution >= 0.6 is 0 Å². The van der Waals surface area contributed by atoms with E-state index < -0.39 is 16.1 Å². The summed E-state index contributed by atoms with van der Waals surface area (Å²) in [4.78, 5) is 12.8. The Morgan fingerprint density at radius 1 is 1.25 bits per heavy atom. The summed E-state index contributed by atoms with van der Waals surface area (Å²) in [6, 6.07) is 12.4. The molecule has 0 saturated heterocycles. The Labute approximate surface area is 165 Å². The first kappa shape index (κ1) is 20.0. The van der Waals surface area contributed by atoms with Crippen molar-refractivity contribution in [1.29, 1.82) is 0 Å². The van der Waals surface area contributed by atoms with Crippen LogP contribution in [0.15, 0.2) is 42.5 Å². The molecule has 0 fully saturated rings. The number of amides is 1. The number of hydrogen-bond donors (Lipinski definition) is 1. The van der Waals surface area contributed by atoms with Crippen LogP contribution in [0.5, 0.6) is 11.5 Å². The van der Waals surface area contributed by atoms with Crippen molar-refractivity contribution in [2.75, 3.05) is 24.2 Å². The minimum absolute atomic E-state index is 0.0730. The van der Waals surface area contributed by atoms with E-state index in [4.69, 9.17) is 9.47 Å². The van der Waals surface area contributed by atoms with Crippen molar-refractivity contribution in [3.63, 3.8) is 0 Å². The number of benzene rings is 2. The molecule has 2 atom stereocenters. The van der Waals surface area contributed by atoms with E-state index in [2.05, 4.69) is 5.32 Å². The van der Waals surface area contributed by atoms with Crippen LogP contribution < -0.4 is 19.1 Å². The minimum atomic E-state index is -3.55. The zero-order chi connectivity index (χ0) is 20.5. The number of ether oxygens (including phenoxy) is 2. The second-order valence-corrected chi connectivity index (χ2v) is 8.78. The molecule has 0 spiro atoms. The summed E-state index contributed by atoms with van der Waals surface area (Å²) in [5.74, 6) is 0.733. The summed E-state index contributed by atoms with van der Waals surface area (Å²) in [6.45, 7) is 3.65. The number of aryl methyl sites for hydroxylation is 1. The molecule has 2 aromatic carbocycles. The van der Waals surface area contributed by atoms with Crippen LogP contribution in [0.25, 0.3) is 0 Å². The Kier molecular flexibility index (Phi) is 5.51. The molecular formula is C20H24N2O5S. The Bertz CT molecular complexity index is 973. The van der Waals surface area contributed by atoms with Gasteiger partial charge in [-0.05, 0) is 49.2 Å². The molecule has 0 aromatic heterocycles. The molecule has 7 nitrogen and oxygen atoms in total. The average molecular weight is 404 g/mol. The fourth-order valence-corrected chi connectivity index (χ4v) is 4.00. The average Bonchev–Trinajstić information content (AvgIpc) is 2.66. The molecule has 28 heavy (non-hydrogen) atoms. The normalized spacial score (nSPS) is 17.3. The summed E-state index contributed by atoms with van der Waals surface area (Å²) in [5.41, 5.74) is 2.27. The Hall–Kier alpha value is -2.74. The first-order valence-electron chi connectivity index (χ1n) is 8.88. The minimum Gasteiger partial charge on any atom is -0.497 e. The molecule has 1 aliphatic rings. The van der Waals surface area contributed by atoms with Crippen molar-refractivity contribution in [3.8, 4) is 11.5 Å². The van der Waals surface area contributed by atoms with Crippen molar-refractivity contribution >= 4 is 21.6 Å². The fraction of sp³-hybridized carbons (Fsp3) is 0.350. The van der Waals surface area contributed by atoms with E-state index in [1.54, 1.807) is 19.2 Å². The second-order valence-electron chi connectivity index (χ2n) is 6.88. The van der Waals surface area contributed by atoms with Crippen LogP contribution in [-0.4, -0.2) is 40.3 Å². The van der Waals surface area contributed by atoms with Crippen molar-refractivity contribution in [2.45, 2.75) is 26.0 Å². The van der Waals surface area contributed by atoms with Gasteiger partial charge in [0.25, 0.3) is 5.91 Å². The van der Waals surface area contributed by atoms with Crippen molar-refractivity contribution < 1.29 is 22.7 Å². The molecule has 0 unspecified atom stereocenters. The third kappa shape index (κ3) is 4.22. The number of hydrogen-bond acceptors (Lipinski definition) is 5. The van der Waals surface area contributed by atoms with Crippen molar-refractivity contribution in [1.82, 2.24) is 5.32 Å².